The van der Waals surface area contributed by atoms with E-state index >= 15 is 0 Å². The molecule has 0 amide bonds. The Balaban J connectivity index is 2.17. The quantitative estimate of drug-likeness (QED) is 0.720. The van der Waals surface area contributed by atoms with Crippen molar-refractivity contribution in [2.24, 2.45) is 0 Å². The lowest BCUT2D eigenvalue weighted by Gasteiger charge is -2.08. The van der Waals surface area contributed by atoms with Gasteiger partial charge in [0.25, 0.3) is 0 Å². The van der Waals surface area contributed by atoms with Crippen LogP contribution in [0, 0.1) is 11.6 Å². The van der Waals surface area contributed by atoms with E-state index in [9.17, 15) is 8.78 Å². The fourth-order valence-electron chi connectivity index (χ4n) is 1.87. The fourth-order valence-corrected chi connectivity index (χ4v) is 2.31. The van der Waals surface area contributed by atoms with Crippen molar-refractivity contribution in [2.45, 2.75) is 0 Å². The number of aromatic nitrogens is 4. The predicted octanol–water partition coefficient (Wildman–Crippen LogP) is 2.95. The molecule has 1 aromatic heterocycles. The molecule has 0 spiro atoms. The van der Waals surface area contributed by atoms with Gasteiger partial charge in [0.05, 0.1) is 10.2 Å². The fraction of sp³-hybridized carbons (Fsp3) is 0. The van der Waals surface area contributed by atoms with Crippen LogP contribution in [0.15, 0.2) is 40.9 Å². The highest BCUT2D eigenvalue weighted by Gasteiger charge is 2.16. The molecule has 21 heavy (non-hydrogen) atoms. The number of nitrogen functional groups attached to an aromatic ring is 1. The summed E-state index contributed by atoms with van der Waals surface area (Å²) in [6.45, 7) is 0. The smallest absolute Gasteiger partial charge is 0.188 e. The van der Waals surface area contributed by atoms with Crippen molar-refractivity contribution in [1.82, 2.24) is 20.2 Å². The Hall–Kier alpha value is -2.35. The molecule has 0 bridgehead atoms. The molecule has 8 heteroatoms. The minimum Gasteiger partial charge on any atom is -0.398 e. The molecule has 0 saturated carbocycles. The SMILES string of the molecule is Nc1cccc(-c2nnnn2-c2ccc(F)c(F)c2)c1Br. The third-order valence-corrected chi connectivity index (χ3v) is 3.77. The maximum atomic E-state index is 13.4. The van der Waals surface area contributed by atoms with Crippen LogP contribution in [0.4, 0.5) is 14.5 Å². The summed E-state index contributed by atoms with van der Waals surface area (Å²) >= 11 is 3.37. The number of nitrogens with zero attached hydrogens (tertiary/aromatic N) is 4. The second-order valence-corrected chi connectivity index (χ2v) is 5.01. The van der Waals surface area contributed by atoms with E-state index in [1.165, 1.54) is 10.7 Å². The van der Waals surface area contributed by atoms with Gasteiger partial charge in [0.2, 0.25) is 0 Å². The number of hydrogen-bond acceptors (Lipinski definition) is 4. The first-order valence-electron chi connectivity index (χ1n) is 5.86. The first kappa shape index (κ1) is 13.6. The van der Waals surface area contributed by atoms with Gasteiger partial charge in [-0.15, -0.1) is 5.10 Å². The summed E-state index contributed by atoms with van der Waals surface area (Å²) in [5.41, 5.74) is 7.30. The number of benzene rings is 2. The van der Waals surface area contributed by atoms with Gasteiger partial charge in [0, 0.05) is 17.3 Å². The maximum Gasteiger partial charge on any atom is 0.188 e. The highest BCUT2D eigenvalue weighted by atomic mass is 79.9. The van der Waals surface area contributed by atoms with Crippen LogP contribution in [0.1, 0.15) is 0 Å². The minimum absolute atomic E-state index is 0.309. The van der Waals surface area contributed by atoms with Gasteiger partial charge >= 0.3 is 0 Å². The highest BCUT2D eigenvalue weighted by Crippen LogP contribution is 2.31. The van der Waals surface area contributed by atoms with Gasteiger partial charge in [-0.25, -0.2) is 8.78 Å². The number of nitrogens with two attached hydrogens (primary N) is 1. The van der Waals surface area contributed by atoms with E-state index in [0.29, 0.717) is 27.2 Å². The van der Waals surface area contributed by atoms with E-state index in [4.69, 9.17) is 5.73 Å². The summed E-state index contributed by atoms with van der Waals surface area (Å²) in [5.74, 6) is -1.54. The standard InChI is InChI=1S/C13H8BrF2N5/c14-12-8(2-1-3-11(12)17)13-18-19-20-21(13)7-4-5-9(15)10(16)6-7/h1-6H,17H2. The van der Waals surface area contributed by atoms with Crippen molar-refractivity contribution < 1.29 is 8.78 Å². The zero-order chi connectivity index (χ0) is 15.0. The van der Waals surface area contributed by atoms with Crippen LogP contribution < -0.4 is 5.73 Å². The molecule has 0 radical (unpaired) electrons. The molecule has 0 fully saturated rings. The van der Waals surface area contributed by atoms with Crippen molar-refractivity contribution in [3.05, 3.63) is 52.5 Å². The zero-order valence-corrected chi connectivity index (χ0v) is 12.1. The number of halogens is 3. The summed E-state index contributed by atoms with van der Waals surface area (Å²) in [5, 5.41) is 11.3. The largest absolute Gasteiger partial charge is 0.398 e. The Labute approximate surface area is 126 Å². The summed E-state index contributed by atoms with van der Waals surface area (Å²) in [7, 11) is 0. The molecule has 1 heterocycles. The van der Waals surface area contributed by atoms with Crippen molar-refractivity contribution in [3.8, 4) is 17.1 Å². The Kier molecular flexibility index (Phi) is 3.38. The van der Waals surface area contributed by atoms with Crippen LogP contribution in [0.3, 0.4) is 0 Å². The van der Waals surface area contributed by atoms with Gasteiger partial charge in [-0.3, -0.25) is 0 Å². The number of tetrazole rings is 1. The van der Waals surface area contributed by atoms with Crippen LogP contribution in [0.2, 0.25) is 0 Å². The zero-order valence-electron chi connectivity index (χ0n) is 10.5. The third-order valence-electron chi connectivity index (χ3n) is 2.89. The average Bonchev–Trinajstić information content (AvgIpc) is 2.94. The molecule has 0 unspecified atom stereocenters. The van der Waals surface area contributed by atoms with Crippen LogP contribution >= 0.6 is 15.9 Å². The van der Waals surface area contributed by atoms with Gasteiger partial charge < -0.3 is 5.73 Å². The Morgan fingerprint density at radius 2 is 1.90 bits per heavy atom. The number of rotatable bonds is 2. The lowest BCUT2D eigenvalue weighted by atomic mass is 10.2. The highest BCUT2D eigenvalue weighted by molar-refractivity contribution is 9.10. The molecular formula is C13H8BrF2N5. The van der Waals surface area contributed by atoms with E-state index < -0.39 is 11.6 Å². The van der Waals surface area contributed by atoms with Gasteiger partial charge in [-0.05, 0) is 50.6 Å². The minimum atomic E-state index is -0.972. The predicted molar refractivity (Wildman–Crippen MR) is 76.6 cm³/mol. The Morgan fingerprint density at radius 3 is 2.67 bits per heavy atom. The molecule has 0 aliphatic heterocycles. The van der Waals surface area contributed by atoms with E-state index in [2.05, 4.69) is 31.5 Å². The van der Waals surface area contributed by atoms with Crippen molar-refractivity contribution in [3.63, 3.8) is 0 Å². The first-order valence-corrected chi connectivity index (χ1v) is 6.65. The Morgan fingerprint density at radius 1 is 1.10 bits per heavy atom. The molecule has 0 aliphatic rings. The average molecular weight is 352 g/mol. The second-order valence-electron chi connectivity index (χ2n) is 4.22. The van der Waals surface area contributed by atoms with E-state index in [-0.39, 0.29) is 0 Å². The van der Waals surface area contributed by atoms with E-state index in [0.717, 1.165) is 12.1 Å². The molecule has 0 atom stereocenters. The summed E-state index contributed by atoms with van der Waals surface area (Å²) in [6, 6.07) is 8.67. The van der Waals surface area contributed by atoms with Crippen LogP contribution in [-0.4, -0.2) is 20.2 Å². The molecular weight excluding hydrogens is 344 g/mol. The lowest BCUT2D eigenvalue weighted by molar-refractivity contribution is 0.507. The van der Waals surface area contributed by atoms with Gasteiger partial charge in [0.1, 0.15) is 0 Å². The van der Waals surface area contributed by atoms with Crippen molar-refractivity contribution >= 4 is 21.6 Å². The molecule has 3 rings (SSSR count). The lowest BCUT2D eigenvalue weighted by Crippen LogP contribution is -2.02. The second kappa shape index (κ2) is 5.21. The molecule has 106 valence electrons. The molecule has 2 aromatic carbocycles. The molecule has 3 aromatic rings. The summed E-state index contributed by atoms with van der Waals surface area (Å²) in [4.78, 5) is 0. The van der Waals surface area contributed by atoms with Gasteiger partial charge in [-0.1, -0.05) is 6.07 Å². The van der Waals surface area contributed by atoms with Crippen LogP contribution in [0.5, 0.6) is 0 Å². The normalized spacial score (nSPS) is 10.8. The van der Waals surface area contributed by atoms with Crippen molar-refractivity contribution in [1.29, 1.82) is 0 Å². The number of anilines is 1. The van der Waals surface area contributed by atoms with Crippen molar-refractivity contribution in [2.75, 3.05) is 5.73 Å². The summed E-state index contributed by atoms with van der Waals surface area (Å²) in [6.07, 6.45) is 0. The monoisotopic (exact) mass is 351 g/mol. The number of hydrogen-bond donors (Lipinski definition) is 1. The molecule has 2 N–H and O–H groups in total. The molecule has 0 aliphatic carbocycles. The van der Waals surface area contributed by atoms with Gasteiger partial charge in [-0.2, -0.15) is 4.68 Å². The van der Waals surface area contributed by atoms with E-state index in [1.807, 2.05) is 0 Å². The maximum absolute atomic E-state index is 13.4. The third kappa shape index (κ3) is 2.38. The van der Waals surface area contributed by atoms with Gasteiger partial charge in [0.15, 0.2) is 17.5 Å². The van der Waals surface area contributed by atoms with Crippen LogP contribution in [-0.2, 0) is 0 Å². The summed E-state index contributed by atoms with van der Waals surface area (Å²) < 4.78 is 28.3. The van der Waals surface area contributed by atoms with E-state index in [1.54, 1.807) is 18.2 Å². The topological polar surface area (TPSA) is 69.6 Å². The van der Waals surface area contributed by atoms with Crippen LogP contribution in [0.25, 0.3) is 17.1 Å². The Bertz CT molecular complexity index is 818. The first-order chi connectivity index (χ1) is 10.1. The molecule has 5 nitrogen and oxygen atoms in total. The molecule has 0 saturated heterocycles.